The topological polar surface area (TPSA) is 78.5 Å². The van der Waals surface area contributed by atoms with Crippen LogP contribution in [0.15, 0.2) is 42.6 Å². The summed E-state index contributed by atoms with van der Waals surface area (Å²) in [4.78, 5) is 19.4. The summed E-state index contributed by atoms with van der Waals surface area (Å²) in [6, 6.07) is 11.1. The molecule has 0 unspecified atom stereocenters. The van der Waals surface area contributed by atoms with E-state index < -0.39 is 0 Å². The van der Waals surface area contributed by atoms with Crippen molar-refractivity contribution in [3.8, 4) is 5.75 Å². The Kier molecular flexibility index (Phi) is 11.4. The second-order valence-corrected chi connectivity index (χ2v) is 6.43. The lowest BCUT2D eigenvalue weighted by Crippen LogP contribution is -2.44. The maximum Gasteiger partial charge on any atom is 0.255 e. The molecule has 2 aromatic rings. The van der Waals surface area contributed by atoms with Crippen molar-refractivity contribution >= 4 is 42.2 Å². The highest BCUT2D eigenvalue weighted by atomic mass is 35.5. The number of nitrogens with zero attached hydrogens (tertiary/aromatic N) is 2. The zero-order valence-corrected chi connectivity index (χ0v) is 18.2. The van der Waals surface area contributed by atoms with Crippen molar-refractivity contribution in [2.45, 2.75) is 6.42 Å². The minimum atomic E-state index is -0.124. The minimum Gasteiger partial charge on any atom is -0.495 e. The van der Waals surface area contributed by atoms with Crippen molar-refractivity contribution in [3.63, 3.8) is 0 Å². The number of carbonyl (C=O) groups is 1. The lowest BCUT2D eigenvalue weighted by molar-refractivity contribution is 0.0952. The van der Waals surface area contributed by atoms with Crippen LogP contribution < -0.4 is 20.7 Å². The number of hydrogen-bond acceptors (Lipinski definition) is 6. The van der Waals surface area contributed by atoms with E-state index in [1.165, 1.54) is 0 Å². The molecule has 160 valence electrons. The van der Waals surface area contributed by atoms with Gasteiger partial charge in [-0.05, 0) is 37.2 Å². The Morgan fingerprint density at radius 3 is 2.69 bits per heavy atom. The van der Waals surface area contributed by atoms with Crippen LogP contribution in [-0.2, 0) is 0 Å². The number of pyridine rings is 1. The van der Waals surface area contributed by atoms with Crippen molar-refractivity contribution in [1.29, 1.82) is 0 Å². The number of hydrogen-bond donors (Lipinski definition) is 3. The molecule has 0 saturated carbocycles. The Hall–Kier alpha value is -2.06. The Bertz CT molecular complexity index is 757. The average molecular weight is 442 g/mol. The average Bonchev–Trinajstić information content (AvgIpc) is 2.72. The number of anilines is 2. The molecular formula is C20H29Cl2N5O2. The second-order valence-electron chi connectivity index (χ2n) is 6.43. The van der Waals surface area contributed by atoms with Gasteiger partial charge in [-0.2, -0.15) is 0 Å². The first-order valence-electron chi connectivity index (χ1n) is 9.34. The quantitative estimate of drug-likeness (QED) is 0.546. The van der Waals surface area contributed by atoms with Gasteiger partial charge in [0.05, 0.1) is 18.4 Å². The number of aromatic nitrogens is 1. The van der Waals surface area contributed by atoms with Crippen molar-refractivity contribution in [3.05, 3.63) is 48.2 Å². The SMILES string of the molecule is COc1ccccc1Nc1ncccc1C(=O)NCCCN1CCNCC1.Cl.Cl. The van der Waals surface area contributed by atoms with Crippen LogP contribution in [0.5, 0.6) is 5.75 Å². The van der Waals surface area contributed by atoms with Crippen molar-refractivity contribution in [2.24, 2.45) is 0 Å². The first-order valence-corrected chi connectivity index (χ1v) is 9.34. The first kappa shape index (κ1) is 25.0. The molecule has 0 spiro atoms. The monoisotopic (exact) mass is 441 g/mol. The highest BCUT2D eigenvalue weighted by Gasteiger charge is 2.14. The normalized spacial score (nSPS) is 13.6. The summed E-state index contributed by atoms with van der Waals surface area (Å²) in [5.74, 6) is 1.09. The molecule has 3 N–H and O–H groups in total. The van der Waals surface area contributed by atoms with E-state index in [9.17, 15) is 4.79 Å². The molecule has 1 amide bonds. The van der Waals surface area contributed by atoms with Gasteiger partial charge in [0.15, 0.2) is 0 Å². The van der Waals surface area contributed by atoms with Crippen LogP contribution in [0.1, 0.15) is 16.8 Å². The molecule has 0 bridgehead atoms. The van der Waals surface area contributed by atoms with E-state index in [0.29, 0.717) is 23.7 Å². The summed E-state index contributed by atoms with van der Waals surface area (Å²) in [5.41, 5.74) is 1.29. The summed E-state index contributed by atoms with van der Waals surface area (Å²) in [6.07, 6.45) is 2.60. The van der Waals surface area contributed by atoms with E-state index in [1.807, 2.05) is 24.3 Å². The smallest absolute Gasteiger partial charge is 0.255 e. The van der Waals surface area contributed by atoms with Gasteiger partial charge >= 0.3 is 0 Å². The molecule has 1 aliphatic heterocycles. The Balaban J connectivity index is 0.00000210. The number of carbonyl (C=O) groups excluding carboxylic acids is 1. The van der Waals surface area contributed by atoms with Crippen LogP contribution in [-0.4, -0.2) is 62.2 Å². The Labute approximate surface area is 184 Å². The molecule has 7 nitrogen and oxygen atoms in total. The van der Waals surface area contributed by atoms with Crippen LogP contribution in [0.2, 0.25) is 0 Å². The third-order valence-electron chi connectivity index (χ3n) is 4.56. The van der Waals surface area contributed by atoms with Gasteiger partial charge in [0, 0.05) is 38.9 Å². The van der Waals surface area contributed by atoms with Gasteiger partial charge in [0.1, 0.15) is 11.6 Å². The molecule has 1 aromatic carbocycles. The van der Waals surface area contributed by atoms with Crippen LogP contribution in [0, 0.1) is 0 Å². The first-order chi connectivity index (χ1) is 13.3. The van der Waals surface area contributed by atoms with Gasteiger partial charge in [-0.15, -0.1) is 24.8 Å². The molecule has 9 heteroatoms. The maximum atomic E-state index is 12.6. The van der Waals surface area contributed by atoms with Crippen molar-refractivity contribution in [1.82, 2.24) is 20.5 Å². The molecule has 0 aliphatic carbocycles. The maximum absolute atomic E-state index is 12.6. The number of benzene rings is 1. The molecular weight excluding hydrogens is 413 g/mol. The number of rotatable bonds is 8. The minimum absolute atomic E-state index is 0. The molecule has 1 fully saturated rings. The largest absolute Gasteiger partial charge is 0.495 e. The molecule has 3 rings (SSSR count). The van der Waals surface area contributed by atoms with E-state index in [2.05, 4.69) is 25.8 Å². The van der Waals surface area contributed by atoms with Crippen LogP contribution in [0.25, 0.3) is 0 Å². The van der Waals surface area contributed by atoms with Crippen LogP contribution >= 0.6 is 24.8 Å². The highest BCUT2D eigenvalue weighted by molar-refractivity contribution is 5.99. The van der Waals surface area contributed by atoms with Crippen molar-refractivity contribution in [2.75, 3.05) is 51.7 Å². The molecule has 29 heavy (non-hydrogen) atoms. The molecule has 1 aromatic heterocycles. The third kappa shape index (κ3) is 7.36. The summed E-state index contributed by atoms with van der Waals surface area (Å²) in [5, 5.41) is 9.55. The predicted octanol–water partition coefficient (Wildman–Crippen LogP) is 2.70. The lowest BCUT2D eigenvalue weighted by atomic mass is 10.2. The van der Waals surface area contributed by atoms with Crippen LogP contribution in [0.3, 0.4) is 0 Å². The number of nitrogens with one attached hydrogen (secondary N) is 3. The highest BCUT2D eigenvalue weighted by Crippen LogP contribution is 2.27. The van der Waals surface area contributed by atoms with Gasteiger partial charge in [0.25, 0.3) is 5.91 Å². The third-order valence-corrected chi connectivity index (χ3v) is 4.56. The van der Waals surface area contributed by atoms with E-state index in [-0.39, 0.29) is 30.7 Å². The Morgan fingerprint density at radius 1 is 1.17 bits per heavy atom. The molecule has 0 radical (unpaired) electrons. The second kappa shape index (κ2) is 13.2. The number of ether oxygens (including phenoxy) is 1. The van der Waals surface area contributed by atoms with E-state index in [0.717, 1.165) is 44.8 Å². The van der Waals surface area contributed by atoms with Gasteiger partial charge < -0.3 is 25.6 Å². The predicted molar refractivity (Wildman–Crippen MR) is 121 cm³/mol. The molecule has 2 heterocycles. The number of halogens is 2. The fourth-order valence-corrected chi connectivity index (χ4v) is 3.10. The summed E-state index contributed by atoms with van der Waals surface area (Å²) in [6.45, 7) is 5.88. The van der Waals surface area contributed by atoms with Crippen LogP contribution in [0.4, 0.5) is 11.5 Å². The number of piperazine rings is 1. The standard InChI is InChI=1S/C20H27N5O2.2ClH/c1-27-18-8-3-2-7-17(18)24-19-16(6-4-9-22-19)20(26)23-10-5-13-25-14-11-21-12-15-25;;/h2-4,6-9,21H,5,10-15H2,1H3,(H,22,24)(H,23,26);2*1H. The van der Waals surface area contributed by atoms with E-state index in [1.54, 1.807) is 25.4 Å². The van der Waals surface area contributed by atoms with Gasteiger partial charge in [-0.3, -0.25) is 4.79 Å². The van der Waals surface area contributed by atoms with Gasteiger partial charge in [-0.25, -0.2) is 4.98 Å². The summed E-state index contributed by atoms with van der Waals surface area (Å²) >= 11 is 0. The van der Waals surface area contributed by atoms with E-state index >= 15 is 0 Å². The lowest BCUT2D eigenvalue weighted by Gasteiger charge is -2.27. The molecule has 0 atom stereocenters. The van der Waals surface area contributed by atoms with Gasteiger partial charge in [0.2, 0.25) is 0 Å². The van der Waals surface area contributed by atoms with Gasteiger partial charge in [-0.1, -0.05) is 12.1 Å². The number of para-hydroxylation sites is 2. The number of methoxy groups -OCH3 is 1. The molecule has 1 aliphatic rings. The fourth-order valence-electron chi connectivity index (χ4n) is 3.10. The molecule has 1 saturated heterocycles. The Morgan fingerprint density at radius 2 is 1.93 bits per heavy atom. The zero-order chi connectivity index (χ0) is 18.9. The zero-order valence-electron chi connectivity index (χ0n) is 16.5. The van der Waals surface area contributed by atoms with Crippen molar-refractivity contribution < 1.29 is 9.53 Å². The van der Waals surface area contributed by atoms with E-state index in [4.69, 9.17) is 4.74 Å². The fraction of sp³-hybridized carbons (Fsp3) is 0.400. The summed E-state index contributed by atoms with van der Waals surface area (Å²) in [7, 11) is 1.62. The number of amides is 1. The summed E-state index contributed by atoms with van der Waals surface area (Å²) < 4.78 is 5.36.